The summed E-state index contributed by atoms with van der Waals surface area (Å²) in [7, 11) is 0. The molecular weight excluding hydrogens is 619 g/mol. The first-order valence-corrected chi connectivity index (χ1v) is 18.1. The molecule has 12 rings (SSSR count). The van der Waals surface area contributed by atoms with Crippen LogP contribution < -0.4 is 0 Å². The number of furan rings is 1. The second-order valence-corrected chi connectivity index (χ2v) is 15.2. The van der Waals surface area contributed by atoms with Gasteiger partial charge in [-0.3, -0.25) is 0 Å². The molecule has 0 saturated carbocycles. The Labute approximate surface area is 296 Å². The van der Waals surface area contributed by atoms with Crippen LogP contribution in [0, 0.1) is 11.8 Å². The molecule has 2 atom stereocenters. The molecule has 8 aromatic rings. The van der Waals surface area contributed by atoms with Crippen LogP contribution in [0.25, 0.3) is 77.3 Å². The van der Waals surface area contributed by atoms with Gasteiger partial charge in [-0.25, -0.2) is 0 Å². The molecule has 0 spiro atoms. The Morgan fingerprint density at radius 3 is 2.14 bits per heavy atom. The quantitative estimate of drug-likeness (QED) is 0.182. The summed E-state index contributed by atoms with van der Waals surface area (Å²) in [6.07, 6.45) is 11.7. The predicted octanol–water partition coefficient (Wildman–Crippen LogP) is 12.7. The van der Waals surface area contributed by atoms with E-state index in [0.717, 1.165) is 11.2 Å². The monoisotopic (exact) mass is 651 g/mol. The minimum Gasteiger partial charge on any atom is -0.456 e. The molecule has 6 aromatic carbocycles. The van der Waals surface area contributed by atoms with Crippen LogP contribution in [0.15, 0.2) is 156 Å². The fraction of sp³-hybridized carbons (Fsp3) is 0.102. The third kappa shape index (κ3) is 3.47. The van der Waals surface area contributed by atoms with E-state index in [1.54, 1.807) is 0 Å². The molecule has 4 aliphatic carbocycles. The van der Waals surface area contributed by atoms with E-state index in [1.165, 1.54) is 93.9 Å². The largest absolute Gasteiger partial charge is 0.456 e. The van der Waals surface area contributed by atoms with Gasteiger partial charge in [-0.1, -0.05) is 123 Å². The molecule has 51 heavy (non-hydrogen) atoms. The second kappa shape index (κ2) is 9.56. The Morgan fingerprint density at radius 2 is 1.29 bits per heavy atom. The van der Waals surface area contributed by atoms with Gasteiger partial charge in [0.15, 0.2) is 0 Å². The molecule has 0 aliphatic heterocycles. The van der Waals surface area contributed by atoms with Crippen LogP contribution >= 0.6 is 0 Å². The van der Waals surface area contributed by atoms with Crippen molar-refractivity contribution in [2.45, 2.75) is 19.3 Å². The van der Waals surface area contributed by atoms with Crippen LogP contribution in [0.2, 0.25) is 0 Å². The summed E-state index contributed by atoms with van der Waals surface area (Å²) in [6, 6.07) is 44.9. The van der Waals surface area contributed by atoms with Crippen molar-refractivity contribution in [1.82, 2.24) is 4.57 Å². The lowest BCUT2D eigenvalue weighted by atomic mass is 9.72. The first-order valence-electron chi connectivity index (χ1n) is 18.1. The maximum Gasteiger partial charge on any atom is 0.135 e. The predicted molar refractivity (Wildman–Crippen MR) is 212 cm³/mol. The third-order valence-corrected chi connectivity index (χ3v) is 12.4. The summed E-state index contributed by atoms with van der Waals surface area (Å²) < 4.78 is 8.83. The fourth-order valence-corrected chi connectivity index (χ4v) is 10.2. The number of nitrogens with zero attached hydrogens (tertiary/aromatic N) is 1. The second-order valence-electron chi connectivity index (χ2n) is 15.2. The molecule has 0 bridgehead atoms. The van der Waals surface area contributed by atoms with Crippen molar-refractivity contribution in [2.75, 3.05) is 0 Å². The highest BCUT2D eigenvalue weighted by molar-refractivity contribution is 6.14. The Bertz CT molecular complexity index is 2990. The average Bonchev–Trinajstić information content (AvgIpc) is 3.87. The Hall–Kier alpha value is -6.12. The maximum atomic E-state index is 6.36. The number of aromatic nitrogens is 1. The van der Waals surface area contributed by atoms with E-state index in [-0.39, 0.29) is 5.41 Å². The van der Waals surface area contributed by atoms with Crippen LogP contribution in [-0.4, -0.2) is 4.57 Å². The van der Waals surface area contributed by atoms with E-state index < -0.39 is 0 Å². The zero-order chi connectivity index (χ0) is 33.6. The lowest BCUT2D eigenvalue weighted by Gasteiger charge is -2.31. The smallest absolute Gasteiger partial charge is 0.135 e. The average molecular weight is 652 g/mol. The van der Waals surface area contributed by atoms with E-state index in [0.29, 0.717) is 11.8 Å². The van der Waals surface area contributed by atoms with Gasteiger partial charge >= 0.3 is 0 Å². The zero-order valence-electron chi connectivity index (χ0n) is 28.4. The number of allylic oxidation sites excluding steroid dienone is 8. The minimum atomic E-state index is -0.179. The van der Waals surface area contributed by atoms with Crippen LogP contribution in [0.1, 0.15) is 41.7 Å². The van der Waals surface area contributed by atoms with Gasteiger partial charge in [0, 0.05) is 44.5 Å². The Morgan fingerprint density at radius 1 is 0.569 bits per heavy atom. The molecule has 0 saturated heterocycles. The number of hydrogen-bond acceptors (Lipinski definition) is 1. The van der Waals surface area contributed by atoms with E-state index in [9.17, 15) is 0 Å². The van der Waals surface area contributed by atoms with E-state index in [2.05, 4.69) is 170 Å². The normalized spacial score (nSPS) is 19.2. The van der Waals surface area contributed by atoms with E-state index >= 15 is 0 Å². The zero-order valence-corrected chi connectivity index (χ0v) is 28.4. The van der Waals surface area contributed by atoms with Crippen molar-refractivity contribution >= 4 is 60.5 Å². The van der Waals surface area contributed by atoms with Crippen LogP contribution in [0.3, 0.4) is 0 Å². The van der Waals surface area contributed by atoms with Gasteiger partial charge < -0.3 is 8.98 Å². The number of hydrogen-bond donors (Lipinski definition) is 0. The minimum absolute atomic E-state index is 0.179. The standard InChI is InChI=1S/C49H33NO/c1-49(2)41-26-40-33-12-5-7-16-42(33)50(43(40)27-39(41)37-24-25-45-47(48(37)49)38-13-6-8-17-44(38)51-45)29-20-18-28(19-21-29)30-22-23-36-32-11-4-3-10-31(32)35-15-9-14-34(30)46(35)36/h3-27,34,46H,1-2H3. The highest BCUT2D eigenvalue weighted by atomic mass is 16.3. The van der Waals surface area contributed by atoms with Crippen LogP contribution in [-0.2, 0) is 5.41 Å². The Kier molecular flexibility index (Phi) is 5.19. The van der Waals surface area contributed by atoms with Crippen molar-refractivity contribution in [3.63, 3.8) is 0 Å². The summed E-state index contributed by atoms with van der Waals surface area (Å²) in [6.45, 7) is 4.76. The lowest BCUT2D eigenvalue weighted by Crippen LogP contribution is -2.18. The van der Waals surface area contributed by atoms with Crippen molar-refractivity contribution in [3.8, 4) is 16.8 Å². The van der Waals surface area contributed by atoms with Gasteiger partial charge in [-0.15, -0.1) is 0 Å². The molecule has 240 valence electrons. The fourth-order valence-electron chi connectivity index (χ4n) is 10.2. The summed E-state index contributed by atoms with van der Waals surface area (Å²) in [5, 5.41) is 5.01. The number of para-hydroxylation sites is 2. The molecule has 4 aliphatic rings. The molecule has 0 N–H and O–H groups in total. The summed E-state index contributed by atoms with van der Waals surface area (Å²) in [5.74, 6) is 0.723. The molecule has 2 unspecified atom stereocenters. The van der Waals surface area contributed by atoms with Gasteiger partial charge in [0.1, 0.15) is 11.2 Å². The van der Waals surface area contributed by atoms with Crippen molar-refractivity contribution in [2.24, 2.45) is 11.8 Å². The van der Waals surface area contributed by atoms with Crippen molar-refractivity contribution in [3.05, 3.63) is 180 Å². The first-order chi connectivity index (χ1) is 25.1. The molecule has 0 amide bonds. The van der Waals surface area contributed by atoms with Crippen molar-refractivity contribution in [1.29, 1.82) is 0 Å². The van der Waals surface area contributed by atoms with Gasteiger partial charge in [0.05, 0.1) is 11.0 Å². The Balaban J connectivity index is 1.02. The molecule has 2 nitrogen and oxygen atoms in total. The molecule has 0 fully saturated rings. The van der Waals surface area contributed by atoms with Crippen molar-refractivity contribution < 1.29 is 4.42 Å². The number of fused-ring (bicyclic) bond motifs is 13. The lowest BCUT2D eigenvalue weighted by molar-refractivity contribution is 0.657. The van der Waals surface area contributed by atoms with Crippen LogP contribution in [0.5, 0.6) is 0 Å². The first kappa shape index (κ1) is 27.7. The van der Waals surface area contributed by atoms with Gasteiger partial charge in [-0.05, 0) is 98.1 Å². The van der Waals surface area contributed by atoms with Gasteiger partial charge in [0.2, 0.25) is 0 Å². The summed E-state index contributed by atoms with van der Waals surface area (Å²) >= 11 is 0. The number of rotatable bonds is 2. The molecule has 2 aromatic heterocycles. The molecular formula is C49H33NO. The molecule has 2 heterocycles. The van der Waals surface area contributed by atoms with Crippen LogP contribution in [0.4, 0.5) is 0 Å². The topological polar surface area (TPSA) is 18.1 Å². The SMILES string of the molecule is CC1(C)c2cc3c4ccccc4n(-c4ccc(C5=CC=C6c7ccccc7C7=CC=CC5C76)cc4)c3cc2-c2ccc3oc4ccccc4c3c21. The van der Waals surface area contributed by atoms with E-state index in [1.807, 2.05) is 0 Å². The van der Waals surface area contributed by atoms with Gasteiger partial charge in [0.25, 0.3) is 0 Å². The third-order valence-electron chi connectivity index (χ3n) is 12.4. The summed E-state index contributed by atoms with van der Waals surface area (Å²) in [4.78, 5) is 0. The van der Waals surface area contributed by atoms with Gasteiger partial charge in [-0.2, -0.15) is 0 Å². The highest BCUT2D eigenvalue weighted by Crippen LogP contribution is 2.57. The summed E-state index contributed by atoms with van der Waals surface area (Å²) in [5.41, 5.74) is 19.1. The molecule has 2 heteroatoms. The number of benzene rings is 6. The highest BCUT2D eigenvalue weighted by Gasteiger charge is 2.41. The molecule has 0 radical (unpaired) electrons. The van der Waals surface area contributed by atoms with E-state index in [4.69, 9.17) is 4.42 Å². The maximum absolute atomic E-state index is 6.36.